The molecule has 2 N–H and O–H groups in total. The van der Waals surface area contributed by atoms with Crippen LogP contribution >= 0.6 is 0 Å². The first-order valence-corrected chi connectivity index (χ1v) is 10.5. The van der Waals surface area contributed by atoms with Crippen LogP contribution in [0.5, 0.6) is 0 Å². The Balaban J connectivity index is 1.63. The third kappa shape index (κ3) is 5.44. The lowest BCUT2D eigenvalue weighted by Gasteiger charge is -2.21. The smallest absolute Gasteiger partial charge is 0.270 e. The molecule has 2 aromatic rings. The van der Waals surface area contributed by atoms with Gasteiger partial charge in [0.25, 0.3) is 5.91 Å². The Bertz CT molecular complexity index is 750. The summed E-state index contributed by atoms with van der Waals surface area (Å²) in [5, 5.41) is 6.33. The number of nitrogens with one attached hydrogen (secondary N) is 2. The number of amides is 1. The Hall–Kier alpha value is -2.63. The van der Waals surface area contributed by atoms with Gasteiger partial charge in [-0.1, -0.05) is 25.7 Å². The van der Waals surface area contributed by atoms with Gasteiger partial charge in [-0.15, -0.1) is 0 Å². The van der Waals surface area contributed by atoms with Crippen molar-refractivity contribution in [2.75, 3.05) is 23.3 Å². The maximum absolute atomic E-state index is 12.6. The molecule has 6 heteroatoms. The number of anilines is 3. The predicted octanol–water partition coefficient (Wildman–Crippen LogP) is 4.52. The number of hydrogen-bond donors (Lipinski definition) is 2. The lowest BCUT2D eigenvalue weighted by Crippen LogP contribution is -2.35. The molecule has 1 fully saturated rings. The molecule has 1 aromatic heterocycles. The molecule has 1 saturated carbocycles. The van der Waals surface area contributed by atoms with Crippen molar-refractivity contribution >= 4 is 23.2 Å². The zero-order chi connectivity index (χ0) is 19.8. The van der Waals surface area contributed by atoms with Gasteiger partial charge in [0.05, 0.1) is 0 Å². The fraction of sp³-hybridized carbons (Fsp3) is 0.500. The largest absolute Gasteiger partial charge is 0.372 e. The molecule has 1 heterocycles. The minimum atomic E-state index is -0.116. The SMILES string of the molecule is CCN(CC)c1ccc(Nc2nccc(C(=O)NC3CCCCCC3)n2)cc1. The summed E-state index contributed by atoms with van der Waals surface area (Å²) in [4.78, 5) is 23.5. The molecule has 0 saturated heterocycles. The van der Waals surface area contributed by atoms with Crippen LogP contribution in [-0.2, 0) is 0 Å². The van der Waals surface area contributed by atoms with Crippen LogP contribution in [0.15, 0.2) is 36.5 Å². The van der Waals surface area contributed by atoms with Crippen molar-refractivity contribution in [1.82, 2.24) is 15.3 Å². The summed E-state index contributed by atoms with van der Waals surface area (Å²) in [5.41, 5.74) is 2.49. The van der Waals surface area contributed by atoms with Crippen LogP contribution in [0.25, 0.3) is 0 Å². The minimum Gasteiger partial charge on any atom is -0.372 e. The molecule has 28 heavy (non-hydrogen) atoms. The van der Waals surface area contributed by atoms with Gasteiger partial charge in [0, 0.05) is 36.7 Å². The molecule has 0 bridgehead atoms. The van der Waals surface area contributed by atoms with Crippen LogP contribution in [0.4, 0.5) is 17.3 Å². The van der Waals surface area contributed by atoms with Gasteiger partial charge in [0.1, 0.15) is 5.69 Å². The summed E-state index contributed by atoms with van der Waals surface area (Å²) in [7, 11) is 0. The molecule has 3 rings (SSSR count). The molecule has 150 valence electrons. The average Bonchev–Trinajstić information content (AvgIpc) is 2.99. The number of benzene rings is 1. The fourth-order valence-electron chi connectivity index (χ4n) is 3.70. The van der Waals surface area contributed by atoms with Crippen molar-refractivity contribution in [2.45, 2.75) is 58.4 Å². The lowest BCUT2D eigenvalue weighted by atomic mass is 10.1. The summed E-state index contributed by atoms with van der Waals surface area (Å²) < 4.78 is 0. The lowest BCUT2D eigenvalue weighted by molar-refractivity contribution is 0.0928. The molecular formula is C22H31N5O. The van der Waals surface area contributed by atoms with E-state index in [1.54, 1.807) is 12.3 Å². The van der Waals surface area contributed by atoms with E-state index >= 15 is 0 Å². The van der Waals surface area contributed by atoms with Gasteiger partial charge in [-0.05, 0) is 57.0 Å². The Kier molecular flexibility index (Phi) is 7.23. The molecule has 0 unspecified atom stereocenters. The normalized spacial score (nSPS) is 14.9. The summed E-state index contributed by atoms with van der Waals surface area (Å²) in [6, 6.07) is 10.1. The second-order valence-electron chi connectivity index (χ2n) is 7.27. The minimum absolute atomic E-state index is 0.116. The van der Waals surface area contributed by atoms with Crippen LogP contribution in [-0.4, -0.2) is 35.0 Å². The van der Waals surface area contributed by atoms with Crippen LogP contribution in [0.2, 0.25) is 0 Å². The number of aromatic nitrogens is 2. The van der Waals surface area contributed by atoms with Gasteiger partial charge in [-0.3, -0.25) is 4.79 Å². The molecule has 1 aliphatic rings. The van der Waals surface area contributed by atoms with Crippen molar-refractivity contribution in [2.24, 2.45) is 0 Å². The van der Waals surface area contributed by atoms with E-state index < -0.39 is 0 Å². The Labute approximate surface area is 167 Å². The van der Waals surface area contributed by atoms with Crippen molar-refractivity contribution in [1.29, 1.82) is 0 Å². The van der Waals surface area contributed by atoms with Crippen molar-refractivity contribution in [3.8, 4) is 0 Å². The van der Waals surface area contributed by atoms with Crippen LogP contribution in [0.1, 0.15) is 62.9 Å². The van der Waals surface area contributed by atoms with Crippen molar-refractivity contribution < 1.29 is 4.79 Å². The third-order valence-electron chi connectivity index (χ3n) is 5.33. The number of nitrogens with zero attached hydrogens (tertiary/aromatic N) is 3. The van der Waals surface area contributed by atoms with E-state index in [9.17, 15) is 4.79 Å². The summed E-state index contributed by atoms with van der Waals surface area (Å²) in [6.45, 7) is 6.25. The van der Waals surface area contributed by atoms with E-state index in [1.807, 2.05) is 12.1 Å². The number of carbonyl (C=O) groups is 1. The molecule has 0 atom stereocenters. The van der Waals surface area contributed by atoms with E-state index in [0.717, 1.165) is 31.6 Å². The molecule has 0 spiro atoms. The quantitative estimate of drug-likeness (QED) is 0.690. The Morgan fingerprint density at radius 3 is 2.36 bits per heavy atom. The molecule has 1 amide bonds. The Morgan fingerprint density at radius 1 is 1.04 bits per heavy atom. The molecule has 1 aliphatic carbocycles. The van der Waals surface area contributed by atoms with Crippen LogP contribution in [0, 0.1) is 0 Å². The van der Waals surface area contributed by atoms with E-state index in [-0.39, 0.29) is 11.9 Å². The van der Waals surface area contributed by atoms with Crippen molar-refractivity contribution in [3.05, 3.63) is 42.2 Å². The fourth-order valence-corrected chi connectivity index (χ4v) is 3.70. The summed E-state index contributed by atoms with van der Waals surface area (Å²) in [6.07, 6.45) is 8.64. The molecule has 0 radical (unpaired) electrons. The first-order chi connectivity index (χ1) is 13.7. The average molecular weight is 382 g/mol. The van der Waals surface area contributed by atoms with Gasteiger partial charge in [0.2, 0.25) is 5.95 Å². The first-order valence-electron chi connectivity index (χ1n) is 10.5. The highest BCUT2D eigenvalue weighted by molar-refractivity contribution is 5.92. The molecule has 1 aromatic carbocycles. The van der Waals surface area contributed by atoms with E-state index in [1.165, 1.54) is 31.4 Å². The topological polar surface area (TPSA) is 70.2 Å². The van der Waals surface area contributed by atoms with Gasteiger partial charge >= 0.3 is 0 Å². The van der Waals surface area contributed by atoms with Gasteiger partial charge in [-0.2, -0.15) is 0 Å². The zero-order valence-electron chi connectivity index (χ0n) is 16.9. The molecule has 0 aliphatic heterocycles. The summed E-state index contributed by atoms with van der Waals surface area (Å²) in [5.74, 6) is 0.318. The van der Waals surface area contributed by atoms with Gasteiger partial charge in [0.15, 0.2) is 0 Å². The Morgan fingerprint density at radius 2 is 1.71 bits per heavy atom. The van der Waals surface area contributed by atoms with E-state index in [0.29, 0.717) is 11.6 Å². The maximum Gasteiger partial charge on any atom is 0.270 e. The third-order valence-corrected chi connectivity index (χ3v) is 5.33. The maximum atomic E-state index is 12.6. The van der Waals surface area contributed by atoms with Crippen molar-refractivity contribution in [3.63, 3.8) is 0 Å². The predicted molar refractivity (Wildman–Crippen MR) is 114 cm³/mol. The van der Waals surface area contributed by atoms with Crippen LogP contribution < -0.4 is 15.5 Å². The van der Waals surface area contributed by atoms with Gasteiger partial charge < -0.3 is 15.5 Å². The van der Waals surface area contributed by atoms with Crippen LogP contribution in [0.3, 0.4) is 0 Å². The second kappa shape index (κ2) is 10.1. The highest BCUT2D eigenvalue weighted by atomic mass is 16.1. The standard InChI is InChI=1S/C22H31N5O/c1-3-27(4-2)19-13-11-18(12-14-19)25-22-23-16-15-20(26-22)21(28)24-17-9-7-5-6-8-10-17/h11-17H,3-10H2,1-2H3,(H,24,28)(H,23,25,26). The molecule has 6 nitrogen and oxygen atoms in total. The highest BCUT2D eigenvalue weighted by Gasteiger charge is 2.17. The molecular weight excluding hydrogens is 350 g/mol. The number of carbonyl (C=O) groups excluding carboxylic acids is 1. The highest BCUT2D eigenvalue weighted by Crippen LogP contribution is 2.20. The zero-order valence-corrected chi connectivity index (χ0v) is 16.9. The van der Waals surface area contributed by atoms with E-state index in [2.05, 4.69) is 51.5 Å². The summed E-state index contributed by atoms with van der Waals surface area (Å²) >= 11 is 0. The van der Waals surface area contributed by atoms with E-state index in [4.69, 9.17) is 0 Å². The number of rotatable bonds is 7. The second-order valence-corrected chi connectivity index (χ2v) is 7.27. The van der Waals surface area contributed by atoms with Gasteiger partial charge in [-0.25, -0.2) is 9.97 Å². The first kappa shape index (κ1) is 20.1. The number of hydrogen-bond acceptors (Lipinski definition) is 5. The monoisotopic (exact) mass is 381 g/mol.